The van der Waals surface area contributed by atoms with Gasteiger partial charge in [-0.1, -0.05) is 32.9 Å². The van der Waals surface area contributed by atoms with Crippen molar-refractivity contribution in [1.82, 2.24) is 4.98 Å². The fraction of sp³-hybridized carbons (Fsp3) is 0.500. The van der Waals surface area contributed by atoms with Gasteiger partial charge in [0.05, 0.1) is 6.61 Å². The lowest BCUT2D eigenvalue weighted by atomic mass is 9.86. The number of nitrogens with one attached hydrogen (secondary N) is 1. The SMILES string of the molecule is CCOCCc1c[nH]c2cc(C(C)(C)C)ccc12. The van der Waals surface area contributed by atoms with Crippen molar-refractivity contribution in [3.63, 3.8) is 0 Å². The summed E-state index contributed by atoms with van der Waals surface area (Å²) in [7, 11) is 0. The van der Waals surface area contributed by atoms with Crippen molar-refractivity contribution in [2.45, 2.75) is 39.5 Å². The van der Waals surface area contributed by atoms with Crippen LogP contribution in [0.4, 0.5) is 0 Å². The van der Waals surface area contributed by atoms with Crippen LogP contribution in [0.1, 0.15) is 38.8 Å². The van der Waals surface area contributed by atoms with E-state index in [4.69, 9.17) is 4.74 Å². The van der Waals surface area contributed by atoms with Crippen LogP contribution in [0.3, 0.4) is 0 Å². The fourth-order valence-corrected chi connectivity index (χ4v) is 2.19. The number of aromatic nitrogens is 1. The van der Waals surface area contributed by atoms with E-state index in [2.05, 4.69) is 50.2 Å². The largest absolute Gasteiger partial charge is 0.381 e. The molecular weight excluding hydrogens is 222 g/mol. The molecule has 0 radical (unpaired) electrons. The Morgan fingerprint density at radius 1 is 1.22 bits per heavy atom. The van der Waals surface area contributed by atoms with Gasteiger partial charge in [0.2, 0.25) is 0 Å². The van der Waals surface area contributed by atoms with Gasteiger partial charge < -0.3 is 9.72 Å². The first kappa shape index (κ1) is 13.2. The van der Waals surface area contributed by atoms with Gasteiger partial charge >= 0.3 is 0 Å². The number of fused-ring (bicyclic) bond motifs is 1. The van der Waals surface area contributed by atoms with Crippen molar-refractivity contribution in [3.05, 3.63) is 35.5 Å². The molecule has 1 N–H and O–H groups in total. The zero-order valence-corrected chi connectivity index (χ0v) is 11.8. The van der Waals surface area contributed by atoms with Gasteiger partial charge in [-0.25, -0.2) is 0 Å². The Morgan fingerprint density at radius 2 is 2.00 bits per heavy atom. The van der Waals surface area contributed by atoms with Gasteiger partial charge in [0.1, 0.15) is 0 Å². The van der Waals surface area contributed by atoms with Crippen molar-refractivity contribution in [2.24, 2.45) is 0 Å². The van der Waals surface area contributed by atoms with Crippen molar-refractivity contribution in [3.8, 4) is 0 Å². The Hall–Kier alpha value is -1.28. The zero-order valence-electron chi connectivity index (χ0n) is 11.8. The van der Waals surface area contributed by atoms with Crippen LogP contribution in [-0.2, 0) is 16.6 Å². The second-order valence-corrected chi connectivity index (χ2v) is 5.77. The van der Waals surface area contributed by atoms with Crippen LogP contribution in [0.5, 0.6) is 0 Å². The van der Waals surface area contributed by atoms with Gasteiger partial charge in [0.25, 0.3) is 0 Å². The van der Waals surface area contributed by atoms with Crippen molar-refractivity contribution in [1.29, 1.82) is 0 Å². The molecule has 0 aliphatic rings. The molecule has 0 spiro atoms. The van der Waals surface area contributed by atoms with E-state index in [9.17, 15) is 0 Å². The Balaban J connectivity index is 2.26. The molecule has 0 saturated carbocycles. The molecule has 0 saturated heterocycles. The van der Waals surface area contributed by atoms with Crippen LogP contribution in [0.2, 0.25) is 0 Å². The Morgan fingerprint density at radius 3 is 2.67 bits per heavy atom. The van der Waals surface area contributed by atoms with Crippen LogP contribution in [0, 0.1) is 0 Å². The maximum absolute atomic E-state index is 5.42. The van der Waals surface area contributed by atoms with Gasteiger partial charge in [-0.3, -0.25) is 0 Å². The molecule has 1 heterocycles. The lowest BCUT2D eigenvalue weighted by Gasteiger charge is -2.18. The highest BCUT2D eigenvalue weighted by Crippen LogP contribution is 2.27. The number of benzene rings is 1. The number of rotatable bonds is 4. The number of ether oxygens (including phenoxy) is 1. The van der Waals surface area contributed by atoms with Crippen LogP contribution in [0.25, 0.3) is 10.9 Å². The molecule has 1 aromatic heterocycles. The van der Waals surface area contributed by atoms with E-state index in [-0.39, 0.29) is 5.41 Å². The van der Waals surface area contributed by atoms with E-state index in [0.717, 1.165) is 19.6 Å². The lowest BCUT2D eigenvalue weighted by Crippen LogP contribution is -2.10. The molecule has 0 aliphatic heterocycles. The highest BCUT2D eigenvalue weighted by atomic mass is 16.5. The predicted octanol–water partition coefficient (Wildman–Crippen LogP) is 4.04. The molecule has 2 nitrogen and oxygen atoms in total. The fourth-order valence-electron chi connectivity index (χ4n) is 2.19. The van der Waals surface area contributed by atoms with Crippen LogP contribution in [0.15, 0.2) is 24.4 Å². The third-order valence-corrected chi connectivity index (χ3v) is 3.35. The molecule has 0 fully saturated rings. The Kier molecular flexibility index (Phi) is 3.76. The summed E-state index contributed by atoms with van der Waals surface area (Å²) in [5.74, 6) is 0. The van der Waals surface area contributed by atoms with Crippen LogP contribution in [-0.4, -0.2) is 18.2 Å². The second-order valence-electron chi connectivity index (χ2n) is 5.77. The summed E-state index contributed by atoms with van der Waals surface area (Å²) < 4.78 is 5.42. The van der Waals surface area contributed by atoms with E-state index in [1.807, 2.05) is 6.92 Å². The summed E-state index contributed by atoms with van der Waals surface area (Å²) in [6.07, 6.45) is 3.08. The summed E-state index contributed by atoms with van der Waals surface area (Å²) in [4.78, 5) is 3.37. The van der Waals surface area contributed by atoms with Gasteiger partial charge in [-0.15, -0.1) is 0 Å². The van der Waals surface area contributed by atoms with Crippen molar-refractivity contribution >= 4 is 10.9 Å². The first-order chi connectivity index (χ1) is 8.52. The maximum atomic E-state index is 5.42. The number of hydrogen-bond acceptors (Lipinski definition) is 1. The number of H-pyrrole nitrogens is 1. The molecule has 98 valence electrons. The molecule has 0 aliphatic carbocycles. The van der Waals surface area contributed by atoms with Crippen LogP contribution >= 0.6 is 0 Å². The summed E-state index contributed by atoms with van der Waals surface area (Å²) >= 11 is 0. The van der Waals surface area contributed by atoms with E-state index in [1.54, 1.807) is 0 Å². The number of aromatic amines is 1. The van der Waals surface area contributed by atoms with Crippen molar-refractivity contribution < 1.29 is 4.74 Å². The quantitative estimate of drug-likeness (QED) is 0.808. The standard InChI is InChI=1S/C16H23NO/c1-5-18-9-8-12-11-17-15-10-13(16(2,3)4)6-7-14(12)15/h6-7,10-11,17H,5,8-9H2,1-4H3. The summed E-state index contributed by atoms with van der Waals surface area (Å²) in [5, 5.41) is 1.32. The van der Waals surface area contributed by atoms with E-state index in [1.165, 1.54) is 22.0 Å². The highest BCUT2D eigenvalue weighted by Gasteiger charge is 2.14. The van der Waals surface area contributed by atoms with E-state index in [0.29, 0.717) is 0 Å². The molecule has 0 unspecified atom stereocenters. The third-order valence-electron chi connectivity index (χ3n) is 3.35. The molecule has 18 heavy (non-hydrogen) atoms. The smallest absolute Gasteiger partial charge is 0.0507 e. The van der Waals surface area contributed by atoms with Crippen molar-refractivity contribution in [2.75, 3.05) is 13.2 Å². The summed E-state index contributed by atoms with van der Waals surface area (Å²) in [5.41, 5.74) is 4.14. The van der Waals surface area contributed by atoms with E-state index >= 15 is 0 Å². The second kappa shape index (κ2) is 5.15. The average Bonchev–Trinajstić information content (AvgIpc) is 2.71. The first-order valence-corrected chi connectivity index (χ1v) is 6.70. The lowest BCUT2D eigenvalue weighted by molar-refractivity contribution is 0.151. The molecule has 1 aromatic carbocycles. The third kappa shape index (κ3) is 2.75. The Bertz CT molecular complexity index is 519. The highest BCUT2D eigenvalue weighted by molar-refractivity contribution is 5.84. The summed E-state index contributed by atoms with van der Waals surface area (Å²) in [6.45, 7) is 10.3. The molecule has 0 amide bonds. The number of hydrogen-bond donors (Lipinski definition) is 1. The zero-order chi connectivity index (χ0) is 13.2. The first-order valence-electron chi connectivity index (χ1n) is 6.70. The normalized spacial score (nSPS) is 12.2. The maximum Gasteiger partial charge on any atom is 0.0507 e. The van der Waals surface area contributed by atoms with Gasteiger partial charge in [-0.05, 0) is 36.0 Å². The molecule has 0 bridgehead atoms. The van der Waals surface area contributed by atoms with Crippen LogP contribution < -0.4 is 0 Å². The molecule has 2 rings (SSSR count). The summed E-state index contributed by atoms with van der Waals surface area (Å²) in [6, 6.07) is 6.73. The van der Waals surface area contributed by atoms with Gasteiger partial charge in [0.15, 0.2) is 0 Å². The van der Waals surface area contributed by atoms with Gasteiger partial charge in [0, 0.05) is 23.7 Å². The predicted molar refractivity (Wildman–Crippen MR) is 77.2 cm³/mol. The average molecular weight is 245 g/mol. The Labute approximate surface area is 109 Å². The molecule has 2 aromatic rings. The molecular formula is C16H23NO. The minimum absolute atomic E-state index is 0.199. The molecule has 0 atom stereocenters. The van der Waals surface area contributed by atoms with Gasteiger partial charge in [-0.2, -0.15) is 0 Å². The monoisotopic (exact) mass is 245 g/mol. The minimum atomic E-state index is 0.199. The van der Waals surface area contributed by atoms with E-state index < -0.39 is 0 Å². The minimum Gasteiger partial charge on any atom is -0.381 e. The topological polar surface area (TPSA) is 25.0 Å². The molecule has 2 heteroatoms.